The van der Waals surface area contributed by atoms with Crippen LogP contribution < -0.4 is 4.74 Å². The van der Waals surface area contributed by atoms with Crippen molar-refractivity contribution in [2.24, 2.45) is 0 Å². The standard InChI is InChI=1S/C13H20O2/c1-4-15-12-7-5-11(6-8-12)13(2,3)9-10-14/h5-8,14H,4,9-10H2,1-3H3. The molecule has 2 heteroatoms. The van der Waals surface area contributed by atoms with Crippen LogP contribution in [0.2, 0.25) is 0 Å². The minimum atomic E-state index is 0.0273. The second-order valence-corrected chi connectivity index (χ2v) is 4.31. The number of ether oxygens (including phenoxy) is 1. The minimum Gasteiger partial charge on any atom is -0.494 e. The van der Waals surface area contributed by atoms with Gasteiger partial charge in [0.25, 0.3) is 0 Å². The molecule has 0 amide bonds. The topological polar surface area (TPSA) is 29.5 Å². The van der Waals surface area contributed by atoms with Gasteiger partial charge in [-0.1, -0.05) is 26.0 Å². The van der Waals surface area contributed by atoms with E-state index < -0.39 is 0 Å². The Morgan fingerprint density at radius 3 is 2.27 bits per heavy atom. The van der Waals surface area contributed by atoms with Gasteiger partial charge in [0.1, 0.15) is 5.75 Å². The average Bonchev–Trinajstić information content (AvgIpc) is 2.19. The fourth-order valence-electron chi connectivity index (χ4n) is 1.59. The molecule has 2 nitrogen and oxygen atoms in total. The van der Waals surface area contributed by atoms with Gasteiger partial charge in [-0.2, -0.15) is 0 Å². The van der Waals surface area contributed by atoms with Gasteiger partial charge in [0.05, 0.1) is 6.61 Å². The largest absolute Gasteiger partial charge is 0.494 e. The van der Waals surface area contributed by atoms with Crippen molar-refractivity contribution >= 4 is 0 Å². The number of hydrogen-bond donors (Lipinski definition) is 1. The number of aliphatic hydroxyl groups excluding tert-OH is 1. The van der Waals surface area contributed by atoms with Crippen LogP contribution in [0.3, 0.4) is 0 Å². The Morgan fingerprint density at radius 2 is 1.80 bits per heavy atom. The molecule has 1 aromatic rings. The molecule has 84 valence electrons. The SMILES string of the molecule is CCOc1ccc(C(C)(C)CCO)cc1. The van der Waals surface area contributed by atoms with Crippen molar-refractivity contribution in [3.63, 3.8) is 0 Å². The number of aliphatic hydroxyl groups is 1. The first-order chi connectivity index (χ1) is 7.10. The maximum atomic E-state index is 8.98. The molecule has 1 aromatic carbocycles. The molecule has 0 radical (unpaired) electrons. The summed E-state index contributed by atoms with van der Waals surface area (Å²) in [5.74, 6) is 0.904. The van der Waals surface area contributed by atoms with E-state index >= 15 is 0 Å². The van der Waals surface area contributed by atoms with E-state index in [1.165, 1.54) is 5.56 Å². The summed E-state index contributed by atoms with van der Waals surface area (Å²) < 4.78 is 5.38. The molecule has 0 aliphatic carbocycles. The van der Waals surface area contributed by atoms with E-state index in [1.807, 2.05) is 19.1 Å². The highest BCUT2D eigenvalue weighted by Crippen LogP contribution is 2.28. The monoisotopic (exact) mass is 208 g/mol. The van der Waals surface area contributed by atoms with Crippen LogP contribution in [-0.4, -0.2) is 18.3 Å². The summed E-state index contributed by atoms with van der Waals surface area (Å²) in [6.07, 6.45) is 0.779. The summed E-state index contributed by atoms with van der Waals surface area (Å²) >= 11 is 0. The highest BCUT2D eigenvalue weighted by molar-refractivity contribution is 5.31. The van der Waals surface area contributed by atoms with Gasteiger partial charge >= 0.3 is 0 Å². The van der Waals surface area contributed by atoms with Gasteiger partial charge in [-0.15, -0.1) is 0 Å². The highest BCUT2D eigenvalue weighted by atomic mass is 16.5. The molecular weight excluding hydrogens is 188 g/mol. The van der Waals surface area contributed by atoms with Gasteiger partial charge in [0.2, 0.25) is 0 Å². The molecular formula is C13H20O2. The summed E-state index contributed by atoms with van der Waals surface area (Å²) in [6, 6.07) is 8.11. The van der Waals surface area contributed by atoms with Gasteiger partial charge in [-0.05, 0) is 36.5 Å². The number of hydrogen-bond acceptors (Lipinski definition) is 2. The Labute approximate surface area is 91.9 Å². The van der Waals surface area contributed by atoms with Crippen LogP contribution in [0.1, 0.15) is 32.8 Å². The summed E-state index contributed by atoms with van der Waals surface area (Å²) in [5, 5.41) is 8.98. The smallest absolute Gasteiger partial charge is 0.119 e. The lowest BCUT2D eigenvalue weighted by molar-refractivity contribution is 0.252. The Bertz CT molecular complexity index is 288. The average molecular weight is 208 g/mol. The summed E-state index contributed by atoms with van der Waals surface area (Å²) in [7, 11) is 0. The molecule has 15 heavy (non-hydrogen) atoms. The van der Waals surface area contributed by atoms with Crippen molar-refractivity contribution < 1.29 is 9.84 Å². The van der Waals surface area contributed by atoms with E-state index in [9.17, 15) is 0 Å². The Kier molecular flexibility index (Phi) is 4.15. The van der Waals surface area contributed by atoms with E-state index in [4.69, 9.17) is 9.84 Å². The molecule has 1 rings (SSSR count). The molecule has 0 fully saturated rings. The quantitative estimate of drug-likeness (QED) is 0.806. The first-order valence-electron chi connectivity index (χ1n) is 5.44. The van der Waals surface area contributed by atoms with Crippen molar-refractivity contribution in [2.75, 3.05) is 13.2 Å². The molecule has 0 saturated heterocycles. The van der Waals surface area contributed by atoms with E-state index in [0.717, 1.165) is 12.2 Å². The summed E-state index contributed by atoms with van der Waals surface area (Å²) in [5.41, 5.74) is 1.26. The van der Waals surface area contributed by atoms with Crippen molar-refractivity contribution in [2.45, 2.75) is 32.6 Å². The maximum absolute atomic E-state index is 8.98. The van der Waals surface area contributed by atoms with Crippen molar-refractivity contribution in [3.8, 4) is 5.75 Å². The fraction of sp³-hybridized carbons (Fsp3) is 0.538. The number of benzene rings is 1. The third-order valence-electron chi connectivity index (χ3n) is 2.68. The van der Waals surface area contributed by atoms with Crippen molar-refractivity contribution in [1.29, 1.82) is 0 Å². The van der Waals surface area contributed by atoms with Gasteiger partial charge < -0.3 is 9.84 Å². The van der Waals surface area contributed by atoms with Crippen LogP contribution in [0, 0.1) is 0 Å². The van der Waals surface area contributed by atoms with Gasteiger partial charge in [-0.3, -0.25) is 0 Å². The normalized spacial score (nSPS) is 11.5. The Morgan fingerprint density at radius 1 is 1.20 bits per heavy atom. The van der Waals surface area contributed by atoms with E-state index in [0.29, 0.717) is 6.61 Å². The fourth-order valence-corrected chi connectivity index (χ4v) is 1.59. The van der Waals surface area contributed by atoms with Crippen LogP contribution in [0.4, 0.5) is 0 Å². The lowest BCUT2D eigenvalue weighted by atomic mass is 9.82. The first kappa shape index (κ1) is 12.1. The number of rotatable bonds is 5. The second kappa shape index (κ2) is 5.17. The van der Waals surface area contributed by atoms with Gasteiger partial charge in [0, 0.05) is 6.61 Å². The van der Waals surface area contributed by atoms with Crippen LogP contribution in [-0.2, 0) is 5.41 Å². The zero-order valence-corrected chi connectivity index (χ0v) is 9.79. The Balaban J connectivity index is 2.78. The van der Waals surface area contributed by atoms with Crippen molar-refractivity contribution in [1.82, 2.24) is 0 Å². The van der Waals surface area contributed by atoms with Crippen LogP contribution >= 0.6 is 0 Å². The molecule has 0 aliphatic rings. The predicted molar refractivity (Wildman–Crippen MR) is 62.3 cm³/mol. The summed E-state index contributed by atoms with van der Waals surface area (Å²) in [6.45, 7) is 7.17. The van der Waals surface area contributed by atoms with Crippen LogP contribution in [0.15, 0.2) is 24.3 Å². The molecule has 0 bridgehead atoms. The lowest BCUT2D eigenvalue weighted by Gasteiger charge is -2.24. The predicted octanol–water partition coefficient (Wildman–Crippen LogP) is 2.75. The Hall–Kier alpha value is -1.02. The molecule has 0 spiro atoms. The highest BCUT2D eigenvalue weighted by Gasteiger charge is 2.19. The van der Waals surface area contributed by atoms with E-state index in [1.54, 1.807) is 0 Å². The molecule has 0 unspecified atom stereocenters. The third kappa shape index (κ3) is 3.24. The van der Waals surface area contributed by atoms with E-state index in [-0.39, 0.29) is 12.0 Å². The zero-order chi connectivity index (χ0) is 11.3. The second-order valence-electron chi connectivity index (χ2n) is 4.31. The van der Waals surface area contributed by atoms with E-state index in [2.05, 4.69) is 26.0 Å². The summed E-state index contributed by atoms with van der Waals surface area (Å²) in [4.78, 5) is 0. The van der Waals surface area contributed by atoms with Gasteiger partial charge in [0.15, 0.2) is 0 Å². The molecule has 1 N–H and O–H groups in total. The molecule has 0 atom stereocenters. The van der Waals surface area contributed by atoms with Crippen LogP contribution in [0.5, 0.6) is 5.75 Å². The maximum Gasteiger partial charge on any atom is 0.119 e. The van der Waals surface area contributed by atoms with Crippen molar-refractivity contribution in [3.05, 3.63) is 29.8 Å². The third-order valence-corrected chi connectivity index (χ3v) is 2.68. The first-order valence-corrected chi connectivity index (χ1v) is 5.44. The molecule has 0 heterocycles. The molecule has 0 saturated carbocycles. The molecule has 0 aliphatic heterocycles. The lowest BCUT2D eigenvalue weighted by Crippen LogP contribution is -2.18. The zero-order valence-electron chi connectivity index (χ0n) is 9.79. The molecule has 0 aromatic heterocycles. The van der Waals surface area contributed by atoms with Gasteiger partial charge in [-0.25, -0.2) is 0 Å². The minimum absolute atomic E-state index is 0.0273. The van der Waals surface area contributed by atoms with Crippen LogP contribution in [0.25, 0.3) is 0 Å².